The summed E-state index contributed by atoms with van der Waals surface area (Å²) in [4.78, 5) is 10.5. The highest BCUT2D eigenvalue weighted by Gasteiger charge is 2.14. The van der Waals surface area contributed by atoms with E-state index in [1.807, 2.05) is 18.2 Å². The molecule has 1 aliphatic heterocycles. The van der Waals surface area contributed by atoms with Gasteiger partial charge in [-0.3, -0.25) is 4.79 Å². The van der Waals surface area contributed by atoms with Crippen molar-refractivity contribution in [2.45, 2.75) is 31.7 Å². The van der Waals surface area contributed by atoms with Gasteiger partial charge in [-0.1, -0.05) is 6.07 Å². The molecule has 0 amide bonds. The standard InChI is InChI=1S/C14H19NO4/c15-11(3-1-4-14(16)17)10-5-6-12-13(9-10)19-8-2-7-18-12/h5-6,9,11H,1-4,7-8,15H2,(H,16,17). The van der Waals surface area contributed by atoms with E-state index in [9.17, 15) is 4.79 Å². The summed E-state index contributed by atoms with van der Waals surface area (Å²) in [7, 11) is 0. The summed E-state index contributed by atoms with van der Waals surface area (Å²) in [6.45, 7) is 1.31. The third-order valence-electron chi connectivity index (χ3n) is 3.11. The van der Waals surface area contributed by atoms with Crippen LogP contribution < -0.4 is 15.2 Å². The zero-order valence-corrected chi connectivity index (χ0v) is 10.8. The minimum absolute atomic E-state index is 0.151. The minimum atomic E-state index is -0.786. The number of aliphatic carboxylic acids is 1. The van der Waals surface area contributed by atoms with Crippen LogP contribution in [-0.2, 0) is 4.79 Å². The summed E-state index contributed by atoms with van der Waals surface area (Å²) in [5.41, 5.74) is 7.02. The van der Waals surface area contributed by atoms with Crippen molar-refractivity contribution in [3.05, 3.63) is 23.8 Å². The minimum Gasteiger partial charge on any atom is -0.490 e. The van der Waals surface area contributed by atoms with E-state index in [0.29, 0.717) is 26.1 Å². The molecule has 104 valence electrons. The van der Waals surface area contributed by atoms with Crippen LogP contribution in [0.2, 0.25) is 0 Å². The van der Waals surface area contributed by atoms with E-state index in [0.717, 1.165) is 23.5 Å². The summed E-state index contributed by atoms with van der Waals surface area (Å²) < 4.78 is 11.2. The summed E-state index contributed by atoms with van der Waals surface area (Å²) in [5.74, 6) is 0.688. The second kappa shape index (κ2) is 6.43. The van der Waals surface area contributed by atoms with E-state index in [4.69, 9.17) is 20.3 Å². The summed E-state index contributed by atoms with van der Waals surface area (Å²) in [5, 5.41) is 8.61. The van der Waals surface area contributed by atoms with Crippen LogP contribution in [0.25, 0.3) is 0 Å². The molecule has 19 heavy (non-hydrogen) atoms. The fraction of sp³-hybridized carbons (Fsp3) is 0.500. The predicted molar refractivity (Wildman–Crippen MR) is 70.5 cm³/mol. The first-order chi connectivity index (χ1) is 9.16. The van der Waals surface area contributed by atoms with Gasteiger partial charge < -0.3 is 20.3 Å². The fourth-order valence-corrected chi connectivity index (χ4v) is 2.05. The van der Waals surface area contributed by atoms with Crippen LogP contribution in [0, 0.1) is 0 Å². The van der Waals surface area contributed by atoms with Crippen LogP contribution in [0.5, 0.6) is 11.5 Å². The lowest BCUT2D eigenvalue weighted by Gasteiger charge is -2.14. The Kier molecular flexibility index (Phi) is 4.63. The van der Waals surface area contributed by atoms with Crippen LogP contribution in [0.4, 0.5) is 0 Å². The Morgan fingerprint density at radius 2 is 2.05 bits per heavy atom. The lowest BCUT2D eigenvalue weighted by Crippen LogP contribution is -2.11. The van der Waals surface area contributed by atoms with Crippen LogP contribution in [0.15, 0.2) is 18.2 Å². The van der Waals surface area contributed by atoms with Gasteiger partial charge in [0.05, 0.1) is 13.2 Å². The molecule has 0 bridgehead atoms. The van der Waals surface area contributed by atoms with E-state index >= 15 is 0 Å². The molecule has 0 radical (unpaired) electrons. The van der Waals surface area contributed by atoms with Gasteiger partial charge in [-0.25, -0.2) is 0 Å². The van der Waals surface area contributed by atoms with Crippen molar-refractivity contribution in [1.82, 2.24) is 0 Å². The van der Waals surface area contributed by atoms with E-state index in [1.54, 1.807) is 0 Å². The fourth-order valence-electron chi connectivity index (χ4n) is 2.05. The van der Waals surface area contributed by atoms with Gasteiger partial charge in [-0.2, -0.15) is 0 Å². The first kappa shape index (κ1) is 13.7. The van der Waals surface area contributed by atoms with Crippen LogP contribution in [0.1, 0.15) is 37.3 Å². The second-order valence-electron chi connectivity index (χ2n) is 4.65. The number of fused-ring (bicyclic) bond motifs is 1. The van der Waals surface area contributed by atoms with Crippen molar-refractivity contribution in [2.75, 3.05) is 13.2 Å². The Labute approximate surface area is 112 Å². The summed E-state index contributed by atoms with van der Waals surface area (Å²) in [6, 6.07) is 5.51. The van der Waals surface area contributed by atoms with Gasteiger partial charge in [-0.15, -0.1) is 0 Å². The Bertz CT molecular complexity index is 447. The van der Waals surface area contributed by atoms with Crippen LogP contribution >= 0.6 is 0 Å². The molecule has 5 nitrogen and oxygen atoms in total. The van der Waals surface area contributed by atoms with E-state index in [2.05, 4.69) is 0 Å². The number of carboxylic acid groups (broad SMARTS) is 1. The maximum atomic E-state index is 10.5. The smallest absolute Gasteiger partial charge is 0.303 e. The average molecular weight is 265 g/mol. The van der Waals surface area contributed by atoms with Crippen molar-refractivity contribution in [2.24, 2.45) is 5.73 Å². The largest absolute Gasteiger partial charge is 0.490 e. The third-order valence-corrected chi connectivity index (χ3v) is 3.11. The SMILES string of the molecule is NC(CCCC(=O)O)c1ccc2c(c1)OCCCO2. The zero-order chi connectivity index (χ0) is 13.7. The van der Waals surface area contributed by atoms with E-state index in [1.165, 1.54) is 0 Å². The maximum Gasteiger partial charge on any atom is 0.303 e. The van der Waals surface area contributed by atoms with Crippen LogP contribution in [0.3, 0.4) is 0 Å². The average Bonchev–Trinajstić information content (AvgIpc) is 2.62. The molecule has 1 atom stereocenters. The second-order valence-corrected chi connectivity index (χ2v) is 4.65. The molecule has 1 aliphatic rings. The Morgan fingerprint density at radius 1 is 1.32 bits per heavy atom. The molecular weight excluding hydrogens is 246 g/mol. The van der Waals surface area contributed by atoms with Gasteiger partial charge >= 0.3 is 5.97 Å². The van der Waals surface area contributed by atoms with Crippen molar-refractivity contribution >= 4 is 5.97 Å². The number of ether oxygens (including phenoxy) is 2. The molecule has 5 heteroatoms. The van der Waals surface area contributed by atoms with Gasteiger partial charge in [0.2, 0.25) is 0 Å². The normalized spacial score (nSPS) is 15.6. The number of carboxylic acids is 1. The number of hydrogen-bond donors (Lipinski definition) is 2. The third kappa shape index (κ3) is 3.86. The zero-order valence-electron chi connectivity index (χ0n) is 10.8. The highest BCUT2D eigenvalue weighted by Crippen LogP contribution is 2.32. The molecular formula is C14H19NO4. The lowest BCUT2D eigenvalue weighted by atomic mass is 10.0. The first-order valence-electron chi connectivity index (χ1n) is 6.54. The molecule has 1 unspecified atom stereocenters. The number of benzene rings is 1. The van der Waals surface area contributed by atoms with Crippen LogP contribution in [-0.4, -0.2) is 24.3 Å². The lowest BCUT2D eigenvalue weighted by molar-refractivity contribution is -0.137. The highest BCUT2D eigenvalue weighted by atomic mass is 16.5. The van der Waals surface area contributed by atoms with E-state index in [-0.39, 0.29) is 12.5 Å². The molecule has 3 N–H and O–H groups in total. The molecule has 0 fully saturated rings. The van der Waals surface area contributed by atoms with Gasteiger partial charge in [0.1, 0.15) is 0 Å². The molecule has 0 saturated carbocycles. The molecule has 1 heterocycles. The molecule has 0 saturated heterocycles. The van der Waals surface area contributed by atoms with Gasteiger partial charge in [-0.05, 0) is 30.5 Å². The molecule has 0 aliphatic carbocycles. The maximum absolute atomic E-state index is 10.5. The molecule has 2 rings (SSSR count). The number of carbonyl (C=O) groups is 1. The predicted octanol–water partition coefficient (Wildman–Crippen LogP) is 2.10. The number of nitrogens with two attached hydrogens (primary N) is 1. The number of rotatable bonds is 5. The van der Waals surface area contributed by atoms with Crippen molar-refractivity contribution in [1.29, 1.82) is 0 Å². The Morgan fingerprint density at radius 3 is 2.79 bits per heavy atom. The molecule has 1 aromatic carbocycles. The Hall–Kier alpha value is -1.75. The first-order valence-corrected chi connectivity index (χ1v) is 6.54. The van der Waals surface area contributed by atoms with Crippen molar-refractivity contribution in [3.8, 4) is 11.5 Å². The quantitative estimate of drug-likeness (QED) is 0.852. The van der Waals surface area contributed by atoms with Crippen molar-refractivity contribution < 1.29 is 19.4 Å². The van der Waals surface area contributed by atoms with Gasteiger partial charge in [0.15, 0.2) is 11.5 Å². The summed E-state index contributed by atoms with van der Waals surface area (Å²) >= 11 is 0. The van der Waals surface area contributed by atoms with Gasteiger partial charge in [0, 0.05) is 18.9 Å². The topological polar surface area (TPSA) is 81.8 Å². The summed E-state index contributed by atoms with van der Waals surface area (Å²) in [6.07, 6.45) is 2.24. The Balaban J connectivity index is 2.00. The highest BCUT2D eigenvalue weighted by molar-refractivity contribution is 5.66. The number of hydrogen-bond acceptors (Lipinski definition) is 4. The van der Waals surface area contributed by atoms with Gasteiger partial charge in [0.25, 0.3) is 0 Å². The molecule has 0 spiro atoms. The van der Waals surface area contributed by atoms with Crippen molar-refractivity contribution in [3.63, 3.8) is 0 Å². The molecule has 0 aromatic heterocycles. The monoisotopic (exact) mass is 265 g/mol. The molecule has 1 aromatic rings. The van der Waals surface area contributed by atoms with E-state index < -0.39 is 5.97 Å².